The van der Waals surface area contributed by atoms with Crippen molar-refractivity contribution in [2.75, 3.05) is 13.1 Å². The van der Waals surface area contributed by atoms with E-state index in [1.165, 1.54) is 44.1 Å². The molecule has 134 valence electrons. The van der Waals surface area contributed by atoms with Gasteiger partial charge in [0.1, 0.15) is 0 Å². The van der Waals surface area contributed by atoms with Crippen LogP contribution < -0.4 is 0 Å². The molecule has 3 aliphatic rings. The average molecular weight is 357 g/mol. The number of hydrogen-bond donors (Lipinski definition) is 0. The number of carbonyl (C=O) groups excluding carboxylic acids is 1. The van der Waals surface area contributed by atoms with Gasteiger partial charge in [-0.25, -0.2) is 0 Å². The van der Waals surface area contributed by atoms with Crippen molar-refractivity contribution in [3.63, 3.8) is 0 Å². The molecular formula is C21H28N2OS. The van der Waals surface area contributed by atoms with Gasteiger partial charge in [-0.2, -0.15) is 0 Å². The lowest BCUT2D eigenvalue weighted by Gasteiger charge is -2.40. The van der Waals surface area contributed by atoms with Crippen LogP contribution in [0.15, 0.2) is 41.4 Å². The first-order valence-corrected chi connectivity index (χ1v) is 10.6. The summed E-state index contributed by atoms with van der Waals surface area (Å²) in [6, 6.07) is 10.5. The number of benzene rings is 1. The number of amides is 1. The number of piperidine rings is 1. The highest BCUT2D eigenvalue weighted by Crippen LogP contribution is 2.52. The molecule has 4 heteroatoms. The van der Waals surface area contributed by atoms with Gasteiger partial charge in [-0.15, -0.1) is 0 Å². The smallest absolute Gasteiger partial charge is 0.263 e. The minimum absolute atomic E-state index is 0.00715. The minimum Gasteiger partial charge on any atom is -0.376 e. The molecule has 0 atom stereocenters. The zero-order valence-corrected chi connectivity index (χ0v) is 15.8. The van der Waals surface area contributed by atoms with E-state index in [-0.39, 0.29) is 10.8 Å². The Morgan fingerprint density at radius 2 is 1.64 bits per heavy atom. The highest BCUT2D eigenvalue weighted by atomic mass is 32.2. The van der Waals surface area contributed by atoms with Crippen molar-refractivity contribution in [1.82, 2.24) is 9.80 Å². The van der Waals surface area contributed by atoms with Crippen molar-refractivity contribution in [2.45, 2.75) is 62.8 Å². The lowest BCUT2D eigenvalue weighted by molar-refractivity contribution is -0.130. The first-order valence-electron chi connectivity index (χ1n) is 9.78. The van der Waals surface area contributed by atoms with Gasteiger partial charge < -0.3 is 9.80 Å². The molecule has 2 saturated heterocycles. The number of thioether (sulfide) groups is 1. The van der Waals surface area contributed by atoms with Crippen LogP contribution in [0.1, 0.15) is 56.9 Å². The van der Waals surface area contributed by atoms with Gasteiger partial charge in [-0.3, -0.25) is 4.79 Å². The Hall–Kier alpha value is -1.42. The Bertz CT molecular complexity index is 631. The van der Waals surface area contributed by atoms with E-state index < -0.39 is 0 Å². The van der Waals surface area contributed by atoms with Crippen LogP contribution in [0.3, 0.4) is 0 Å². The van der Waals surface area contributed by atoms with E-state index in [9.17, 15) is 4.79 Å². The molecule has 4 rings (SSSR count). The van der Waals surface area contributed by atoms with E-state index in [0.717, 1.165) is 37.4 Å². The highest BCUT2D eigenvalue weighted by molar-refractivity contribution is 8.05. The Morgan fingerprint density at radius 1 is 0.960 bits per heavy atom. The predicted molar refractivity (Wildman–Crippen MR) is 104 cm³/mol. The van der Waals surface area contributed by atoms with Crippen molar-refractivity contribution >= 4 is 17.7 Å². The van der Waals surface area contributed by atoms with Gasteiger partial charge >= 0.3 is 0 Å². The Morgan fingerprint density at radius 3 is 2.36 bits per heavy atom. The molecule has 3 fully saturated rings. The van der Waals surface area contributed by atoms with Gasteiger partial charge in [-0.05, 0) is 37.7 Å². The summed E-state index contributed by atoms with van der Waals surface area (Å²) in [6.45, 7) is 2.94. The molecule has 0 aromatic heterocycles. The highest BCUT2D eigenvalue weighted by Gasteiger charge is 2.49. The lowest BCUT2D eigenvalue weighted by atomic mass is 9.93. The number of likely N-dealkylation sites (tertiary alicyclic amines) is 1. The maximum absolute atomic E-state index is 13.3. The SMILES string of the molecule is O=C1/C(=C\N2CCCCC2)SC2(CCCCC2)N1Cc1ccccc1. The normalized spacial score (nSPS) is 25.1. The van der Waals surface area contributed by atoms with Crippen LogP contribution in [-0.4, -0.2) is 33.7 Å². The van der Waals surface area contributed by atoms with Crippen LogP contribution in [0.4, 0.5) is 0 Å². The third kappa shape index (κ3) is 3.59. The van der Waals surface area contributed by atoms with Gasteiger partial charge in [0.15, 0.2) is 0 Å². The summed E-state index contributed by atoms with van der Waals surface area (Å²) >= 11 is 1.86. The number of nitrogens with zero attached hydrogens (tertiary/aromatic N) is 2. The van der Waals surface area contributed by atoms with E-state index in [1.54, 1.807) is 0 Å². The molecule has 0 radical (unpaired) electrons. The van der Waals surface area contributed by atoms with E-state index in [0.29, 0.717) is 0 Å². The molecule has 0 N–H and O–H groups in total. The fourth-order valence-corrected chi connectivity index (χ4v) is 5.93. The Balaban J connectivity index is 1.59. The molecule has 1 aromatic carbocycles. The van der Waals surface area contributed by atoms with Crippen LogP contribution in [0.5, 0.6) is 0 Å². The van der Waals surface area contributed by atoms with Crippen LogP contribution in [0.2, 0.25) is 0 Å². The van der Waals surface area contributed by atoms with Crippen molar-refractivity contribution in [3.8, 4) is 0 Å². The van der Waals surface area contributed by atoms with Crippen molar-refractivity contribution in [1.29, 1.82) is 0 Å². The molecule has 0 bridgehead atoms. The molecule has 1 aliphatic carbocycles. The minimum atomic E-state index is -0.00715. The molecule has 2 aliphatic heterocycles. The second-order valence-electron chi connectivity index (χ2n) is 7.58. The number of rotatable bonds is 3. The fraction of sp³-hybridized carbons (Fsp3) is 0.571. The molecule has 1 aromatic rings. The zero-order chi connectivity index (χ0) is 17.1. The molecular weight excluding hydrogens is 328 g/mol. The van der Waals surface area contributed by atoms with Gasteiger partial charge in [0, 0.05) is 25.8 Å². The van der Waals surface area contributed by atoms with Crippen LogP contribution in [0, 0.1) is 0 Å². The second kappa shape index (κ2) is 7.45. The molecule has 1 amide bonds. The van der Waals surface area contributed by atoms with Gasteiger partial charge in [0.05, 0.1) is 9.78 Å². The van der Waals surface area contributed by atoms with Crippen molar-refractivity contribution < 1.29 is 4.79 Å². The summed E-state index contributed by atoms with van der Waals surface area (Å²) < 4.78 is 0. The second-order valence-corrected chi connectivity index (χ2v) is 8.98. The molecule has 2 heterocycles. The summed E-state index contributed by atoms with van der Waals surface area (Å²) in [4.78, 5) is 18.8. The standard InChI is InChI=1S/C21H28N2OS/c24-20-19(17-22-14-8-3-9-15-22)25-21(12-6-2-7-13-21)23(20)16-18-10-4-1-5-11-18/h1,4-5,10-11,17H,2-3,6-9,12-16H2/b19-17+. The summed E-state index contributed by atoms with van der Waals surface area (Å²) in [7, 11) is 0. The largest absolute Gasteiger partial charge is 0.376 e. The van der Waals surface area contributed by atoms with E-state index in [4.69, 9.17) is 0 Å². The van der Waals surface area contributed by atoms with Gasteiger partial charge in [0.2, 0.25) is 0 Å². The zero-order valence-electron chi connectivity index (χ0n) is 15.0. The van der Waals surface area contributed by atoms with Gasteiger partial charge in [-0.1, -0.05) is 61.4 Å². The van der Waals surface area contributed by atoms with E-state index >= 15 is 0 Å². The first kappa shape index (κ1) is 17.0. The number of carbonyl (C=O) groups is 1. The molecule has 0 unspecified atom stereocenters. The Labute approximate surface area is 155 Å². The molecule has 1 saturated carbocycles. The Kier molecular flexibility index (Phi) is 5.07. The fourth-order valence-electron chi connectivity index (χ4n) is 4.37. The predicted octanol–water partition coefficient (Wildman–Crippen LogP) is 4.75. The van der Waals surface area contributed by atoms with E-state index in [1.807, 2.05) is 17.8 Å². The monoisotopic (exact) mass is 356 g/mol. The topological polar surface area (TPSA) is 23.6 Å². The molecule has 25 heavy (non-hydrogen) atoms. The average Bonchev–Trinajstić information content (AvgIpc) is 2.89. The molecule has 3 nitrogen and oxygen atoms in total. The summed E-state index contributed by atoms with van der Waals surface area (Å²) in [5.74, 6) is 0.251. The van der Waals surface area contributed by atoms with Crippen LogP contribution in [0.25, 0.3) is 0 Å². The molecule has 1 spiro atoms. The van der Waals surface area contributed by atoms with Gasteiger partial charge in [0.25, 0.3) is 5.91 Å². The third-order valence-corrected chi connectivity index (χ3v) is 7.27. The summed E-state index contributed by atoms with van der Waals surface area (Å²) in [6.07, 6.45) is 12.1. The maximum atomic E-state index is 13.3. The van der Waals surface area contributed by atoms with Crippen molar-refractivity contribution in [3.05, 3.63) is 47.0 Å². The van der Waals surface area contributed by atoms with Crippen molar-refractivity contribution in [2.24, 2.45) is 0 Å². The first-order chi connectivity index (χ1) is 12.3. The van der Waals surface area contributed by atoms with Crippen LogP contribution in [-0.2, 0) is 11.3 Å². The van der Waals surface area contributed by atoms with Crippen LogP contribution >= 0.6 is 11.8 Å². The van der Waals surface area contributed by atoms with E-state index in [2.05, 4.69) is 40.3 Å². The summed E-state index contributed by atoms with van der Waals surface area (Å²) in [5, 5.41) is 0. The quantitative estimate of drug-likeness (QED) is 0.730. The lowest BCUT2D eigenvalue weighted by Crippen LogP contribution is -2.45. The third-order valence-electron chi connectivity index (χ3n) is 5.76. The number of hydrogen-bond acceptors (Lipinski definition) is 3. The summed E-state index contributed by atoms with van der Waals surface area (Å²) in [5.41, 5.74) is 1.24. The maximum Gasteiger partial charge on any atom is 0.263 e.